The van der Waals surface area contributed by atoms with Crippen molar-refractivity contribution in [2.24, 2.45) is 0 Å². The van der Waals surface area contributed by atoms with Crippen LogP contribution in [0.5, 0.6) is 5.75 Å². The van der Waals surface area contributed by atoms with Crippen molar-refractivity contribution in [3.05, 3.63) is 58.9 Å². The molecule has 0 unspecified atom stereocenters. The molecule has 0 bridgehead atoms. The van der Waals surface area contributed by atoms with Crippen LogP contribution in [-0.2, 0) is 10.4 Å². The highest BCUT2D eigenvalue weighted by molar-refractivity contribution is 6.42. The van der Waals surface area contributed by atoms with Crippen LogP contribution in [0.3, 0.4) is 0 Å². The number of hydrogen-bond acceptors (Lipinski definition) is 10. The van der Waals surface area contributed by atoms with E-state index in [4.69, 9.17) is 27.9 Å². The van der Waals surface area contributed by atoms with Crippen LogP contribution in [0.15, 0.2) is 43.2 Å². The summed E-state index contributed by atoms with van der Waals surface area (Å²) in [7, 11) is 7.47. The number of carbonyl (C=O) groups is 1. The molecule has 1 amide bonds. The molecule has 0 atom stereocenters. The van der Waals surface area contributed by atoms with E-state index in [2.05, 4.69) is 42.4 Å². The highest BCUT2D eigenvalue weighted by Gasteiger charge is 2.23. The summed E-state index contributed by atoms with van der Waals surface area (Å²) in [5, 5.41) is 20.3. The summed E-state index contributed by atoms with van der Waals surface area (Å²) in [4.78, 5) is 29.2. The fourth-order valence-corrected chi connectivity index (χ4v) is 4.05. The molecule has 1 aromatic heterocycles. The van der Waals surface area contributed by atoms with E-state index in [-0.39, 0.29) is 17.8 Å². The number of aliphatic hydroxyl groups is 1. The zero-order chi connectivity index (χ0) is 29.6. The number of anilines is 6. The predicted octanol–water partition coefficient (Wildman–Crippen LogP) is 5.02. The van der Waals surface area contributed by atoms with Gasteiger partial charge in [-0.1, -0.05) is 29.8 Å². The van der Waals surface area contributed by atoms with Crippen LogP contribution in [0.1, 0.15) is 19.4 Å². The smallest absolute Gasteiger partial charge is 0.247 e. The van der Waals surface area contributed by atoms with Gasteiger partial charge >= 0.3 is 0 Å². The third-order valence-electron chi connectivity index (χ3n) is 5.84. The van der Waals surface area contributed by atoms with Gasteiger partial charge in [-0.2, -0.15) is 4.98 Å². The van der Waals surface area contributed by atoms with Crippen molar-refractivity contribution in [2.75, 3.05) is 62.2 Å². The average molecular weight is 590 g/mol. The lowest BCUT2D eigenvalue weighted by atomic mass is 9.96. The first-order valence-electron chi connectivity index (χ1n) is 12.3. The number of methoxy groups -OCH3 is 1. The highest BCUT2D eigenvalue weighted by atomic mass is 35.5. The molecule has 1 heterocycles. The Hall–Kier alpha value is -3.64. The first-order valence-corrected chi connectivity index (χ1v) is 13.0. The van der Waals surface area contributed by atoms with Crippen molar-refractivity contribution in [1.82, 2.24) is 19.9 Å². The lowest BCUT2D eigenvalue weighted by Crippen LogP contribution is -2.29. The average Bonchev–Trinajstić information content (AvgIpc) is 2.88. The van der Waals surface area contributed by atoms with Crippen molar-refractivity contribution in [3.63, 3.8) is 0 Å². The number of nitrogens with zero attached hydrogens (tertiary/aromatic N) is 5. The summed E-state index contributed by atoms with van der Waals surface area (Å²) in [5.41, 5.74) is 1.59. The summed E-state index contributed by atoms with van der Waals surface area (Å²) < 4.78 is 5.65. The molecule has 0 spiro atoms. The Balaban J connectivity index is 1.97. The minimum atomic E-state index is -1.22. The SMILES string of the molecule is C=CC(=O)Nc1cc(Nc2ncnc(Nc3cc(Cl)c(Cl)cc3C(C)(C)O)n2)c(OC)cc1N(C)CCN(C)C. The van der Waals surface area contributed by atoms with Crippen LogP contribution in [0.25, 0.3) is 0 Å². The summed E-state index contributed by atoms with van der Waals surface area (Å²) in [6, 6.07) is 6.75. The van der Waals surface area contributed by atoms with Crippen LogP contribution in [-0.4, -0.2) is 72.2 Å². The maximum absolute atomic E-state index is 12.2. The molecule has 3 rings (SSSR count). The van der Waals surface area contributed by atoms with Gasteiger partial charge in [-0.3, -0.25) is 4.79 Å². The van der Waals surface area contributed by atoms with Gasteiger partial charge in [-0.15, -0.1) is 0 Å². The molecule has 13 heteroatoms. The molecule has 3 aromatic rings. The van der Waals surface area contributed by atoms with E-state index in [0.717, 1.165) is 12.2 Å². The largest absolute Gasteiger partial charge is 0.494 e. The van der Waals surface area contributed by atoms with Crippen molar-refractivity contribution < 1.29 is 14.6 Å². The second-order valence-corrected chi connectivity index (χ2v) is 10.6. The molecule has 11 nitrogen and oxygen atoms in total. The summed E-state index contributed by atoms with van der Waals surface area (Å²) >= 11 is 12.4. The monoisotopic (exact) mass is 588 g/mol. The van der Waals surface area contributed by atoms with Gasteiger partial charge < -0.3 is 35.6 Å². The van der Waals surface area contributed by atoms with Gasteiger partial charge in [0.25, 0.3) is 0 Å². The van der Waals surface area contributed by atoms with Crippen molar-refractivity contribution in [3.8, 4) is 5.75 Å². The molecular formula is C27H34Cl2N8O3. The number of carbonyl (C=O) groups excluding carboxylic acids is 1. The van der Waals surface area contributed by atoms with E-state index in [0.29, 0.717) is 45.0 Å². The van der Waals surface area contributed by atoms with Gasteiger partial charge in [-0.05, 0) is 52.2 Å². The Morgan fingerprint density at radius 1 is 1.02 bits per heavy atom. The lowest BCUT2D eigenvalue weighted by molar-refractivity contribution is -0.111. The Labute approximate surface area is 244 Å². The van der Waals surface area contributed by atoms with Crippen molar-refractivity contribution in [2.45, 2.75) is 19.4 Å². The van der Waals surface area contributed by atoms with E-state index in [9.17, 15) is 9.90 Å². The van der Waals surface area contributed by atoms with Gasteiger partial charge in [0.1, 0.15) is 12.1 Å². The number of ether oxygens (including phenoxy) is 1. The predicted molar refractivity (Wildman–Crippen MR) is 162 cm³/mol. The number of halogens is 2. The fraction of sp³-hybridized carbons (Fsp3) is 0.333. The Bertz CT molecular complexity index is 1380. The van der Waals surface area contributed by atoms with Gasteiger partial charge in [0.15, 0.2) is 0 Å². The Morgan fingerprint density at radius 3 is 2.23 bits per heavy atom. The molecular weight excluding hydrogens is 555 g/mol. The summed E-state index contributed by atoms with van der Waals surface area (Å²) in [6.07, 6.45) is 2.53. The van der Waals surface area contributed by atoms with E-state index in [1.54, 1.807) is 39.2 Å². The Morgan fingerprint density at radius 2 is 1.65 bits per heavy atom. The number of nitrogens with one attached hydrogen (secondary N) is 3. The maximum Gasteiger partial charge on any atom is 0.247 e. The first-order chi connectivity index (χ1) is 18.8. The molecule has 214 valence electrons. The molecule has 0 aliphatic heterocycles. The highest BCUT2D eigenvalue weighted by Crippen LogP contribution is 2.39. The molecule has 0 saturated heterocycles. The zero-order valence-electron chi connectivity index (χ0n) is 23.3. The number of aromatic nitrogens is 3. The number of rotatable bonds is 12. The molecule has 0 aliphatic rings. The van der Waals surface area contributed by atoms with Crippen LogP contribution < -0.4 is 25.6 Å². The van der Waals surface area contributed by atoms with E-state index in [1.807, 2.05) is 32.1 Å². The number of likely N-dealkylation sites (N-methyl/N-ethyl adjacent to an activating group) is 2. The molecule has 0 saturated carbocycles. The van der Waals surface area contributed by atoms with E-state index >= 15 is 0 Å². The topological polar surface area (TPSA) is 128 Å². The third-order valence-corrected chi connectivity index (χ3v) is 6.56. The minimum absolute atomic E-state index is 0.195. The standard InChI is InChI=1S/C27H34Cl2N8O3/c1-8-24(38)32-20-13-21(23(40-7)14-22(20)37(6)10-9-36(4)5)34-26-31-15-30-25(35-26)33-19-12-18(29)17(28)11-16(19)27(2,3)39/h8,11-15,39H,1,9-10H2,2-7H3,(H,32,38)(H2,30,31,33,34,35). The quantitative estimate of drug-likeness (QED) is 0.214. The van der Waals surface area contributed by atoms with Gasteiger partial charge in [0.05, 0.1) is 39.8 Å². The van der Waals surface area contributed by atoms with Crippen LogP contribution >= 0.6 is 23.2 Å². The molecule has 40 heavy (non-hydrogen) atoms. The summed E-state index contributed by atoms with van der Waals surface area (Å²) in [6.45, 7) is 8.34. The number of amides is 1. The van der Waals surface area contributed by atoms with E-state index < -0.39 is 5.60 Å². The minimum Gasteiger partial charge on any atom is -0.494 e. The fourth-order valence-electron chi connectivity index (χ4n) is 3.72. The second kappa shape index (κ2) is 13.1. The molecule has 0 fully saturated rings. The molecule has 0 radical (unpaired) electrons. The molecule has 0 aliphatic carbocycles. The molecule has 2 aromatic carbocycles. The lowest BCUT2D eigenvalue weighted by Gasteiger charge is -2.26. The van der Waals surface area contributed by atoms with Crippen molar-refractivity contribution >= 4 is 63.8 Å². The van der Waals surface area contributed by atoms with Gasteiger partial charge in [0, 0.05) is 37.5 Å². The Kier molecular flexibility index (Phi) is 10.2. The van der Waals surface area contributed by atoms with Crippen molar-refractivity contribution in [1.29, 1.82) is 0 Å². The van der Waals surface area contributed by atoms with Crippen LogP contribution in [0.4, 0.5) is 34.6 Å². The van der Waals surface area contributed by atoms with Crippen LogP contribution in [0.2, 0.25) is 10.0 Å². The number of hydrogen-bond donors (Lipinski definition) is 4. The molecule has 4 N–H and O–H groups in total. The number of benzene rings is 2. The second-order valence-electron chi connectivity index (χ2n) is 9.74. The van der Waals surface area contributed by atoms with E-state index in [1.165, 1.54) is 12.4 Å². The normalized spacial score (nSPS) is 11.2. The zero-order valence-corrected chi connectivity index (χ0v) is 24.9. The van der Waals surface area contributed by atoms with Gasteiger partial charge in [-0.25, -0.2) is 9.97 Å². The van der Waals surface area contributed by atoms with Crippen LogP contribution in [0, 0.1) is 0 Å². The first kappa shape index (κ1) is 30.9. The van der Waals surface area contributed by atoms with Gasteiger partial charge in [0.2, 0.25) is 17.8 Å². The third kappa shape index (κ3) is 7.95. The maximum atomic E-state index is 12.2. The summed E-state index contributed by atoms with van der Waals surface area (Å²) in [5.74, 6) is 0.553.